The number of ether oxygens (including phenoxy) is 2. The molecule has 2 rings (SSSR count). The number of carbonyl (C=O) groups is 3. The molecule has 2 aromatic carbocycles. The highest BCUT2D eigenvalue weighted by Gasteiger charge is 2.18. The predicted octanol–water partition coefficient (Wildman–Crippen LogP) is 2.44. The minimum absolute atomic E-state index is 0.0227. The zero-order chi connectivity index (χ0) is 23.0. The SMILES string of the molecule is COC(=O)c1cc(NC(=O)CCCN(c2ccccc2)S(C)(=O)=O)cc(C(=O)OC)c1. The number of sulfonamides is 1. The molecule has 0 heterocycles. The summed E-state index contributed by atoms with van der Waals surface area (Å²) in [5.41, 5.74) is 0.885. The van der Waals surface area contributed by atoms with Gasteiger partial charge in [-0.25, -0.2) is 18.0 Å². The molecule has 0 aliphatic heterocycles. The Morgan fingerprint density at radius 3 is 1.97 bits per heavy atom. The number of nitrogens with one attached hydrogen (secondary N) is 1. The van der Waals surface area contributed by atoms with Gasteiger partial charge in [-0.3, -0.25) is 9.10 Å². The maximum absolute atomic E-state index is 12.4. The van der Waals surface area contributed by atoms with Crippen molar-refractivity contribution in [1.29, 1.82) is 0 Å². The highest BCUT2D eigenvalue weighted by molar-refractivity contribution is 7.92. The Labute approximate surface area is 181 Å². The van der Waals surface area contributed by atoms with Gasteiger partial charge in [-0.05, 0) is 36.8 Å². The molecule has 0 aliphatic rings. The molecule has 0 spiro atoms. The second kappa shape index (κ2) is 10.6. The molecule has 0 unspecified atom stereocenters. The summed E-state index contributed by atoms with van der Waals surface area (Å²) in [4.78, 5) is 36.1. The zero-order valence-corrected chi connectivity index (χ0v) is 18.3. The number of para-hydroxylation sites is 1. The molecule has 1 N–H and O–H groups in total. The van der Waals surface area contributed by atoms with E-state index < -0.39 is 27.9 Å². The first-order chi connectivity index (χ1) is 14.7. The minimum Gasteiger partial charge on any atom is -0.465 e. The lowest BCUT2D eigenvalue weighted by Gasteiger charge is -2.22. The van der Waals surface area contributed by atoms with E-state index in [0.29, 0.717) is 5.69 Å². The number of anilines is 2. The predicted molar refractivity (Wildman–Crippen MR) is 116 cm³/mol. The molecule has 0 fully saturated rings. The van der Waals surface area contributed by atoms with Crippen molar-refractivity contribution in [3.63, 3.8) is 0 Å². The highest BCUT2D eigenvalue weighted by Crippen LogP contribution is 2.19. The Morgan fingerprint density at radius 2 is 1.48 bits per heavy atom. The number of benzene rings is 2. The van der Waals surface area contributed by atoms with Crippen LogP contribution in [0.2, 0.25) is 0 Å². The summed E-state index contributed by atoms with van der Waals surface area (Å²) in [6.45, 7) is 0.117. The van der Waals surface area contributed by atoms with E-state index >= 15 is 0 Å². The molecule has 0 saturated carbocycles. The summed E-state index contributed by atoms with van der Waals surface area (Å²) in [5.74, 6) is -1.75. The number of methoxy groups -OCH3 is 2. The third-order valence-electron chi connectivity index (χ3n) is 4.27. The summed E-state index contributed by atoms with van der Waals surface area (Å²) < 4.78 is 34.7. The lowest BCUT2D eigenvalue weighted by atomic mass is 10.1. The second-order valence-corrected chi connectivity index (χ2v) is 8.51. The van der Waals surface area contributed by atoms with Gasteiger partial charge in [-0.2, -0.15) is 0 Å². The summed E-state index contributed by atoms with van der Waals surface area (Å²) >= 11 is 0. The van der Waals surface area contributed by atoms with Crippen LogP contribution in [-0.4, -0.2) is 53.3 Å². The first-order valence-electron chi connectivity index (χ1n) is 9.30. The van der Waals surface area contributed by atoms with E-state index in [1.54, 1.807) is 30.3 Å². The number of carbonyl (C=O) groups excluding carboxylic acids is 3. The van der Waals surface area contributed by atoms with Crippen molar-refractivity contribution in [3.05, 3.63) is 59.7 Å². The molecule has 0 saturated heterocycles. The Bertz CT molecular complexity index is 1020. The van der Waals surface area contributed by atoms with Crippen molar-refractivity contribution in [3.8, 4) is 0 Å². The van der Waals surface area contributed by atoms with Crippen molar-refractivity contribution >= 4 is 39.2 Å². The van der Waals surface area contributed by atoms with Crippen molar-refractivity contribution < 1.29 is 32.3 Å². The Morgan fingerprint density at radius 1 is 0.935 bits per heavy atom. The van der Waals surface area contributed by atoms with Crippen molar-refractivity contribution in [2.45, 2.75) is 12.8 Å². The highest BCUT2D eigenvalue weighted by atomic mass is 32.2. The average molecular weight is 448 g/mol. The number of esters is 2. The van der Waals surface area contributed by atoms with E-state index in [1.165, 1.54) is 36.7 Å². The molecule has 0 aromatic heterocycles. The van der Waals surface area contributed by atoms with Gasteiger partial charge in [0.25, 0.3) is 0 Å². The summed E-state index contributed by atoms with van der Waals surface area (Å²) in [7, 11) is -1.11. The number of nitrogens with zero attached hydrogens (tertiary/aromatic N) is 1. The van der Waals surface area contributed by atoms with Gasteiger partial charge >= 0.3 is 11.9 Å². The van der Waals surface area contributed by atoms with Crippen LogP contribution in [0.15, 0.2) is 48.5 Å². The number of hydrogen-bond donors (Lipinski definition) is 1. The molecule has 9 nitrogen and oxygen atoms in total. The van der Waals surface area contributed by atoms with Crippen LogP contribution in [-0.2, 0) is 24.3 Å². The Hall–Kier alpha value is -3.40. The topological polar surface area (TPSA) is 119 Å². The van der Waals surface area contributed by atoms with Gasteiger partial charge in [0.05, 0.1) is 37.3 Å². The molecule has 166 valence electrons. The first kappa shape index (κ1) is 23.9. The van der Waals surface area contributed by atoms with Gasteiger partial charge in [-0.1, -0.05) is 18.2 Å². The van der Waals surface area contributed by atoms with Crippen LogP contribution < -0.4 is 9.62 Å². The van der Waals surface area contributed by atoms with E-state index in [1.807, 2.05) is 0 Å². The van der Waals surface area contributed by atoms with Gasteiger partial charge in [0.1, 0.15) is 0 Å². The summed E-state index contributed by atoms with van der Waals surface area (Å²) in [6, 6.07) is 12.6. The first-order valence-corrected chi connectivity index (χ1v) is 11.1. The maximum atomic E-state index is 12.4. The van der Waals surface area contributed by atoms with Crippen LogP contribution in [0.3, 0.4) is 0 Å². The number of amides is 1. The van der Waals surface area contributed by atoms with Crippen LogP contribution in [0.1, 0.15) is 33.6 Å². The normalized spacial score (nSPS) is 10.8. The Kier molecular flexibility index (Phi) is 8.14. The van der Waals surface area contributed by atoms with E-state index in [-0.39, 0.29) is 36.2 Å². The van der Waals surface area contributed by atoms with Gasteiger partial charge in [0.2, 0.25) is 15.9 Å². The smallest absolute Gasteiger partial charge is 0.337 e. The third-order valence-corrected chi connectivity index (χ3v) is 5.46. The van der Waals surface area contributed by atoms with Crippen molar-refractivity contribution in [2.24, 2.45) is 0 Å². The average Bonchev–Trinajstić information content (AvgIpc) is 2.75. The Balaban J connectivity index is 2.08. The molecule has 10 heteroatoms. The molecule has 0 atom stereocenters. The standard InChI is InChI=1S/C21H24N2O7S/c1-29-20(25)15-12-16(21(26)30-2)14-17(13-15)22-19(24)10-7-11-23(31(3,27)28)18-8-5-4-6-9-18/h4-6,8-9,12-14H,7,10-11H2,1-3H3,(H,22,24). The molecule has 1 amide bonds. The van der Waals surface area contributed by atoms with Crippen LogP contribution >= 0.6 is 0 Å². The van der Waals surface area contributed by atoms with E-state index in [0.717, 1.165) is 6.26 Å². The summed E-state index contributed by atoms with van der Waals surface area (Å²) in [5, 5.41) is 2.61. The molecule has 0 aliphatic carbocycles. The van der Waals surface area contributed by atoms with E-state index in [9.17, 15) is 22.8 Å². The fourth-order valence-electron chi connectivity index (χ4n) is 2.86. The van der Waals surface area contributed by atoms with Crippen LogP contribution in [0, 0.1) is 0 Å². The van der Waals surface area contributed by atoms with Crippen LogP contribution in [0.5, 0.6) is 0 Å². The minimum atomic E-state index is -3.51. The summed E-state index contributed by atoms with van der Waals surface area (Å²) in [6.07, 6.45) is 1.38. The van der Waals surface area contributed by atoms with Crippen molar-refractivity contribution in [2.75, 3.05) is 36.6 Å². The third kappa shape index (κ3) is 6.82. The molecular formula is C21H24N2O7S. The molecule has 0 radical (unpaired) electrons. The van der Waals surface area contributed by atoms with E-state index in [2.05, 4.69) is 14.8 Å². The maximum Gasteiger partial charge on any atom is 0.337 e. The fraction of sp³-hybridized carbons (Fsp3) is 0.286. The molecular weight excluding hydrogens is 424 g/mol. The van der Waals surface area contributed by atoms with Crippen LogP contribution in [0.4, 0.5) is 11.4 Å². The zero-order valence-electron chi connectivity index (χ0n) is 17.5. The van der Waals surface area contributed by atoms with Crippen LogP contribution in [0.25, 0.3) is 0 Å². The van der Waals surface area contributed by atoms with Gasteiger partial charge in [0.15, 0.2) is 0 Å². The second-order valence-electron chi connectivity index (χ2n) is 6.60. The molecule has 2 aromatic rings. The monoisotopic (exact) mass is 448 g/mol. The van der Waals surface area contributed by atoms with Gasteiger partial charge < -0.3 is 14.8 Å². The number of rotatable bonds is 9. The van der Waals surface area contributed by atoms with E-state index in [4.69, 9.17) is 0 Å². The van der Waals surface area contributed by atoms with Gasteiger partial charge in [0, 0.05) is 18.7 Å². The van der Waals surface area contributed by atoms with Crippen molar-refractivity contribution in [1.82, 2.24) is 0 Å². The largest absolute Gasteiger partial charge is 0.465 e. The number of hydrogen-bond acceptors (Lipinski definition) is 7. The molecule has 0 bridgehead atoms. The van der Waals surface area contributed by atoms with Gasteiger partial charge in [-0.15, -0.1) is 0 Å². The lowest BCUT2D eigenvalue weighted by molar-refractivity contribution is -0.116. The quantitative estimate of drug-likeness (QED) is 0.585. The lowest BCUT2D eigenvalue weighted by Crippen LogP contribution is -2.31. The molecule has 31 heavy (non-hydrogen) atoms. The fourth-order valence-corrected chi connectivity index (χ4v) is 3.82.